The van der Waals surface area contributed by atoms with Crippen molar-refractivity contribution in [2.75, 3.05) is 19.8 Å². The molecule has 18 heavy (non-hydrogen) atoms. The van der Waals surface area contributed by atoms with Crippen molar-refractivity contribution < 1.29 is 9.15 Å². The zero-order chi connectivity index (χ0) is 12.6. The Labute approximate surface area is 106 Å². The smallest absolute Gasteiger partial charge is 0.181 e. The quantitative estimate of drug-likeness (QED) is 0.897. The number of hydrogen-bond donors (Lipinski definition) is 1. The molecule has 2 N–H and O–H groups in total. The Bertz CT molecular complexity index is 545. The van der Waals surface area contributed by atoms with Gasteiger partial charge in [-0.15, -0.1) is 0 Å². The van der Waals surface area contributed by atoms with Crippen LogP contribution in [0.15, 0.2) is 29.0 Å². The summed E-state index contributed by atoms with van der Waals surface area (Å²) >= 11 is 0. The van der Waals surface area contributed by atoms with Crippen LogP contribution in [0.5, 0.6) is 0 Å². The lowest BCUT2D eigenvalue weighted by atomic mass is 9.68. The molecule has 1 aromatic carbocycles. The minimum Gasteiger partial charge on any atom is -0.443 e. The molecular formula is C14H18N2O2. The van der Waals surface area contributed by atoms with Crippen LogP contribution in [0.4, 0.5) is 0 Å². The average Bonchev–Trinajstić information content (AvgIpc) is 2.75. The van der Waals surface area contributed by atoms with Gasteiger partial charge in [-0.1, -0.05) is 13.0 Å². The molecule has 2 aromatic rings. The van der Waals surface area contributed by atoms with Crippen LogP contribution in [0.2, 0.25) is 0 Å². The third kappa shape index (κ3) is 1.64. The van der Waals surface area contributed by atoms with E-state index in [-0.39, 0.29) is 5.41 Å². The minimum absolute atomic E-state index is 0.0976. The fraction of sp³-hybridized carbons (Fsp3) is 0.500. The number of benzene rings is 1. The van der Waals surface area contributed by atoms with Crippen LogP contribution in [0, 0.1) is 5.92 Å². The SMILES string of the molecule is CC(CCN)C1(c2ccc3ncoc3c2)COC1. The second-order valence-electron chi connectivity index (χ2n) is 5.16. The first-order valence-corrected chi connectivity index (χ1v) is 6.38. The maximum absolute atomic E-state index is 5.69. The van der Waals surface area contributed by atoms with Crippen LogP contribution in [0.25, 0.3) is 11.1 Å². The van der Waals surface area contributed by atoms with Crippen LogP contribution in [0.1, 0.15) is 18.9 Å². The summed E-state index contributed by atoms with van der Waals surface area (Å²) in [7, 11) is 0. The lowest BCUT2D eigenvalue weighted by Crippen LogP contribution is -2.52. The molecule has 4 heteroatoms. The molecule has 1 unspecified atom stereocenters. The fourth-order valence-corrected chi connectivity index (χ4v) is 2.75. The Kier molecular flexibility index (Phi) is 2.84. The van der Waals surface area contributed by atoms with Gasteiger partial charge in [-0.3, -0.25) is 0 Å². The molecule has 96 valence electrons. The highest BCUT2D eigenvalue weighted by Crippen LogP contribution is 2.41. The van der Waals surface area contributed by atoms with Gasteiger partial charge in [-0.25, -0.2) is 4.98 Å². The number of aromatic nitrogens is 1. The highest BCUT2D eigenvalue weighted by Gasteiger charge is 2.44. The molecule has 3 rings (SSSR count). The van der Waals surface area contributed by atoms with E-state index in [0.717, 1.165) is 30.7 Å². The molecule has 1 atom stereocenters. The van der Waals surface area contributed by atoms with E-state index in [1.807, 2.05) is 6.07 Å². The molecule has 0 aliphatic carbocycles. The lowest BCUT2D eigenvalue weighted by molar-refractivity contribution is -0.0882. The third-order valence-corrected chi connectivity index (χ3v) is 4.17. The van der Waals surface area contributed by atoms with Crippen molar-refractivity contribution in [3.8, 4) is 0 Å². The van der Waals surface area contributed by atoms with Gasteiger partial charge in [0.05, 0.1) is 13.2 Å². The Morgan fingerprint density at radius 2 is 2.28 bits per heavy atom. The van der Waals surface area contributed by atoms with E-state index in [1.54, 1.807) is 0 Å². The molecule has 1 saturated heterocycles. The minimum atomic E-state index is 0.0976. The van der Waals surface area contributed by atoms with Crippen LogP contribution in [-0.2, 0) is 10.2 Å². The molecule has 0 bridgehead atoms. The monoisotopic (exact) mass is 246 g/mol. The molecule has 4 nitrogen and oxygen atoms in total. The maximum Gasteiger partial charge on any atom is 0.181 e. The summed E-state index contributed by atoms with van der Waals surface area (Å²) in [6, 6.07) is 6.25. The topological polar surface area (TPSA) is 61.3 Å². The number of fused-ring (bicyclic) bond motifs is 1. The normalized spacial score (nSPS) is 19.7. The number of nitrogens with zero attached hydrogens (tertiary/aromatic N) is 1. The number of rotatable bonds is 4. The molecule has 0 spiro atoms. The van der Waals surface area contributed by atoms with E-state index in [0.29, 0.717) is 12.5 Å². The lowest BCUT2D eigenvalue weighted by Gasteiger charge is -2.46. The van der Waals surface area contributed by atoms with Crippen LogP contribution >= 0.6 is 0 Å². The molecule has 1 fully saturated rings. The fourth-order valence-electron chi connectivity index (χ4n) is 2.75. The second kappa shape index (κ2) is 4.37. The van der Waals surface area contributed by atoms with Crippen molar-refractivity contribution in [1.29, 1.82) is 0 Å². The molecule has 0 saturated carbocycles. The van der Waals surface area contributed by atoms with E-state index in [9.17, 15) is 0 Å². The summed E-state index contributed by atoms with van der Waals surface area (Å²) in [5.41, 5.74) is 8.81. The zero-order valence-electron chi connectivity index (χ0n) is 10.6. The number of ether oxygens (including phenoxy) is 1. The van der Waals surface area contributed by atoms with Gasteiger partial charge in [0.2, 0.25) is 0 Å². The van der Waals surface area contributed by atoms with Crippen LogP contribution in [0.3, 0.4) is 0 Å². The Balaban J connectivity index is 1.99. The van der Waals surface area contributed by atoms with Crippen LogP contribution < -0.4 is 5.73 Å². The number of oxazole rings is 1. The van der Waals surface area contributed by atoms with Crippen molar-refractivity contribution in [2.24, 2.45) is 11.7 Å². The molecular weight excluding hydrogens is 228 g/mol. The predicted octanol–water partition coefficient (Wildman–Crippen LogP) is 2.08. The summed E-state index contributed by atoms with van der Waals surface area (Å²) in [4.78, 5) is 4.15. The van der Waals surface area contributed by atoms with Gasteiger partial charge in [-0.05, 0) is 36.6 Å². The number of nitrogens with two attached hydrogens (primary N) is 1. The summed E-state index contributed by atoms with van der Waals surface area (Å²) in [5, 5.41) is 0. The highest BCUT2D eigenvalue weighted by molar-refractivity contribution is 5.73. The molecule has 2 heterocycles. The average molecular weight is 246 g/mol. The molecule has 1 aliphatic heterocycles. The highest BCUT2D eigenvalue weighted by atomic mass is 16.5. The van der Waals surface area contributed by atoms with E-state index in [2.05, 4.69) is 24.0 Å². The number of hydrogen-bond acceptors (Lipinski definition) is 4. The molecule has 0 amide bonds. The van der Waals surface area contributed by atoms with E-state index in [1.165, 1.54) is 12.0 Å². The van der Waals surface area contributed by atoms with Gasteiger partial charge in [-0.2, -0.15) is 0 Å². The summed E-state index contributed by atoms with van der Waals surface area (Å²) < 4.78 is 10.9. The Morgan fingerprint density at radius 3 is 2.94 bits per heavy atom. The van der Waals surface area contributed by atoms with E-state index in [4.69, 9.17) is 14.9 Å². The second-order valence-corrected chi connectivity index (χ2v) is 5.16. The molecule has 0 radical (unpaired) electrons. The Hall–Kier alpha value is -1.39. The van der Waals surface area contributed by atoms with Gasteiger partial charge in [0.25, 0.3) is 0 Å². The van der Waals surface area contributed by atoms with E-state index >= 15 is 0 Å². The summed E-state index contributed by atoms with van der Waals surface area (Å²) in [5.74, 6) is 0.511. The molecule has 1 aliphatic rings. The van der Waals surface area contributed by atoms with Crippen molar-refractivity contribution >= 4 is 11.1 Å². The first-order valence-electron chi connectivity index (χ1n) is 6.38. The van der Waals surface area contributed by atoms with Gasteiger partial charge < -0.3 is 14.9 Å². The van der Waals surface area contributed by atoms with E-state index < -0.39 is 0 Å². The van der Waals surface area contributed by atoms with Crippen LogP contribution in [-0.4, -0.2) is 24.7 Å². The summed E-state index contributed by atoms with van der Waals surface area (Å²) in [6.07, 6.45) is 2.50. The van der Waals surface area contributed by atoms with Crippen molar-refractivity contribution in [2.45, 2.75) is 18.8 Å². The van der Waals surface area contributed by atoms with Gasteiger partial charge in [0.15, 0.2) is 12.0 Å². The summed E-state index contributed by atoms with van der Waals surface area (Å²) in [6.45, 7) is 4.51. The van der Waals surface area contributed by atoms with Gasteiger partial charge >= 0.3 is 0 Å². The van der Waals surface area contributed by atoms with Gasteiger partial charge in [0, 0.05) is 5.41 Å². The zero-order valence-corrected chi connectivity index (χ0v) is 10.6. The first-order chi connectivity index (χ1) is 8.76. The maximum atomic E-state index is 5.69. The third-order valence-electron chi connectivity index (χ3n) is 4.17. The van der Waals surface area contributed by atoms with Gasteiger partial charge in [0.1, 0.15) is 5.52 Å². The van der Waals surface area contributed by atoms with Crippen molar-refractivity contribution in [1.82, 2.24) is 4.98 Å². The van der Waals surface area contributed by atoms with Crippen molar-refractivity contribution in [3.05, 3.63) is 30.2 Å². The Morgan fingerprint density at radius 1 is 1.44 bits per heavy atom. The standard InChI is InChI=1S/C14H18N2O2/c1-10(4-5-15)14(7-17-8-14)11-2-3-12-13(6-11)18-9-16-12/h2-3,6,9-10H,4-5,7-8,15H2,1H3. The largest absolute Gasteiger partial charge is 0.443 e. The molecule has 1 aromatic heterocycles. The first kappa shape index (κ1) is 11.7. The predicted molar refractivity (Wildman–Crippen MR) is 69.3 cm³/mol. The van der Waals surface area contributed by atoms with Crippen molar-refractivity contribution in [3.63, 3.8) is 0 Å².